The van der Waals surface area contributed by atoms with Gasteiger partial charge in [-0.2, -0.15) is 0 Å². The normalized spacial score (nSPS) is 16.8. The van der Waals surface area contributed by atoms with Crippen molar-refractivity contribution in [3.05, 3.63) is 65.7 Å². The van der Waals surface area contributed by atoms with E-state index in [0.29, 0.717) is 12.1 Å². The van der Waals surface area contributed by atoms with Crippen molar-refractivity contribution in [2.45, 2.75) is 37.1 Å². The van der Waals surface area contributed by atoms with Crippen LogP contribution in [0.25, 0.3) is 0 Å². The number of carbonyl (C=O) groups is 1. The van der Waals surface area contributed by atoms with Crippen LogP contribution in [0.4, 0.5) is 0 Å². The van der Waals surface area contributed by atoms with E-state index < -0.39 is 10.0 Å². The molecular weight excluding hydrogens is 360 g/mol. The van der Waals surface area contributed by atoms with Gasteiger partial charge in [0.1, 0.15) is 0 Å². The zero-order chi connectivity index (χ0) is 19.3. The number of nitrogens with zero attached hydrogens (tertiary/aromatic N) is 1. The van der Waals surface area contributed by atoms with Gasteiger partial charge in [0, 0.05) is 18.2 Å². The summed E-state index contributed by atoms with van der Waals surface area (Å²) in [6.45, 7) is 3.68. The Kier molecular flexibility index (Phi) is 6.42. The van der Waals surface area contributed by atoms with Crippen LogP contribution in [0, 0.1) is 0 Å². The van der Waals surface area contributed by atoms with Crippen LogP contribution in [0.2, 0.25) is 0 Å². The van der Waals surface area contributed by atoms with Crippen molar-refractivity contribution in [2.75, 3.05) is 19.6 Å². The number of piperidine rings is 1. The molecule has 0 saturated carbocycles. The Balaban J connectivity index is 1.80. The molecule has 1 N–H and O–H groups in total. The minimum Gasteiger partial charge on any atom is -0.295 e. The van der Waals surface area contributed by atoms with Gasteiger partial charge in [0.25, 0.3) is 0 Å². The summed E-state index contributed by atoms with van der Waals surface area (Å²) < 4.78 is 28.3. The molecule has 1 saturated heterocycles. The fourth-order valence-electron chi connectivity index (χ4n) is 3.52. The molecule has 0 aromatic heterocycles. The number of benzene rings is 2. The van der Waals surface area contributed by atoms with Crippen molar-refractivity contribution >= 4 is 15.8 Å². The Morgan fingerprint density at radius 1 is 1.04 bits per heavy atom. The number of carbonyl (C=O) groups excluding carboxylic acids is 1. The van der Waals surface area contributed by atoms with Crippen molar-refractivity contribution in [2.24, 2.45) is 0 Å². The van der Waals surface area contributed by atoms with E-state index in [1.54, 1.807) is 12.1 Å². The quantitative estimate of drug-likeness (QED) is 0.741. The number of ketones is 1. The van der Waals surface area contributed by atoms with E-state index in [2.05, 4.69) is 9.62 Å². The SMILES string of the molecule is CC(=O)c1cccc(S(=O)(=O)NCC(c2ccccc2)N2CCCCC2)c1. The van der Waals surface area contributed by atoms with Crippen LogP contribution >= 0.6 is 0 Å². The monoisotopic (exact) mass is 386 g/mol. The highest BCUT2D eigenvalue weighted by molar-refractivity contribution is 7.89. The molecule has 0 radical (unpaired) electrons. The zero-order valence-corrected chi connectivity index (χ0v) is 16.4. The van der Waals surface area contributed by atoms with Gasteiger partial charge in [0.15, 0.2) is 5.78 Å². The van der Waals surface area contributed by atoms with Crippen LogP contribution in [0.1, 0.15) is 48.1 Å². The van der Waals surface area contributed by atoms with Crippen molar-refractivity contribution in [3.63, 3.8) is 0 Å². The van der Waals surface area contributed by atoms with E-state index in [0.717, 1.165) is 31.5 Å². The van der Waals surface area contributed by atoms with E-state index >= 15 is 0 Å². The van der Waals surface area contributed by atoms with Gasteiger partial charge in [0.05, 0.1) is 4.90 Å². The van der Waals surface area contributed by atoms with Crippen molar-refractivity contribution in [3.8, 4) is 0 Å². The van der Waals surface area contributed by atoms with E-state index in [9.17, 15) is 13.2 Å². The van der Waals surface area contributed by atoms with Gasteiger partial charge in [-0.05, 0) is 50.6 Å². The molecule has 0 bridgehead atoms. The lowest BCUT2D eigenvalue weighted by Crippen LogP contribution is -2.40. The van der Waals surface area contributed by atoms with Gasteiger partial charge >= 0.3 is 0 Å². The van der Waals surface area contributed by atoms with Gasteiger partial charge in [-0.25, -0.2) is 13.1 Å². The fourth-order valence-corrected chi connectivity index (χ4v) is 4.60. The van der Waals surface area contributed by atoms with Crippen molar-refractivity contribution in [1.29, 1.82) is 0 Å². The molecule has 0 amide bonds. The zero-order valence-electron chi connectivity index (χ0n) is 15.6. The van der Waals surface area contributed by atoms with E-state index in [1.807, 2.05) is 30.3 Å². The first-order chi connectivity index (χ1) is 13.0. The average Bonchev–Trinajstić information content (AvgIpc) is 2.70. The number of hydrogen-bond acceptors (Lipinski definition) is 4. The Hall–Kier alpha value is -2.02. The Morgan fingerprint density at radius 3 is 2.41 bits per heavy atom. The molecule has 1 atom stereocenters. The Labute approximate surface area is 161 Å². The molecule has 1 heterocycles. The minimum absolute atomic E-state index is 0.00253. The highest BCUT2D eigenvalue weighted by Gasteiger charge is 2.25. The number of sulfonamides is 1. The molecule has 0 aliphatic carbocycles. The first-order valence-corrected chi connectivity index (χ1v) is 10.9. The molecule has 3 rings (SSSR count). The maximum Gasteiger partial charge on any atom is 0.240 e. The maximum atomic E-state index is 12.8. The molecule has 1 unspecified atom stereocenters. The summed E-state index contributed by atoms with van der Waals surface area (Å²) in [7, 11) is -3.69. The summed E-state index contributed by atoms with van der Waals surface area (Å²) in [4.78, 5) is 14.0. The van der Waals surface area contributed by atoms with E-state index in [1.165, 1.54) is 25.5 Å². The molecular formula is C21H26N2O3S. The van der Waals surface area contributed by atoms with Gasteiger partial charge in [-0.1, -0.05) is 48.9 Å². The molecule has 5 nitrogen and oxygen atoms in total. The molecule has 27 heavy (non-hydrogen) atoms. The predicted octanol–water partition coefficient (Wildman–Crippen LogP) is 3.39. The summed E-state index contributed by atoms with van der Waals surface area (Å²) in [5.41, 5.74) is 1.51. The molecule has 2 aromatic rings. The summed E-state index contributed by atoms with van der Waals surface area (Å²) >= 11 is 0. The number of hydrogen-bond donors (Lipinski definition) is 1. The smallest absolute Gasteiger partial charge is 0.240 e. The van der Waals surface area contributed by atoms with Gasteiger partial charge in [0.2, 0.25) is 10.0 Å². The Bertz CT molecular complexity index is 875. The summed E-state index contributed by atoms with van der Waals surface area (Å²) in [5.74, 6) is -0.150. The van der Waals surface area contributed by atoms with Crippen LogP contribution in [-0.2, 0) is 10.0 Å². The first kappa shape index (κ1) is 19.7. The lowest BCUT2D eigenvalue weighted by molar-refractivity contribution is 0.101. The fraction of sp³-hybridized carbons (Fsp3) is 0.381. The van der Waals surface area contributed by atoms with Crippen molar-refractivity contribution in [1.82, 2.24) is 9.62 Å². The molecule has 1 aliphatic heterocycles. The van der Waals surface area contributed by atoms with Crippen LogP contribution in [0.3, 0.4) is 0 Å². The van der Waals surface area contributed by atoms with Gasteiger partial charge < -0.3 is 0 Å². The summed E-state index contributed by atoms with van der Waals surface area (Å²) in [5, 5.41) is 0. The van der Waals surface area contributed by atoms with E-state index in [-0.39, 0.29) is 16.7 Å². The summed E-state index contributed by atoms with van der Waals surface area (Å²) in [6.07, 6.45) is 3.50. The topological polar surface area (TPSA) is 66.5 Å². The first-order valence-electron chi connectivity index (χ1n) is 9.37. The van der Waals surface area contributed by atoms with Crippen LogP contribution in [-0.4, -0.2) is 38.7 Å². The standard InChI is InChI=1S/C21H26N2O3S/c1-17(24)19-11-8-12-20(15-19)27(25,26)22-16-21(18-9-4-2-5-10-18)23-13-6-3-7-14-23/h2,4-5,8-12,15,21-22H,3,6-7,13-14,16H2,1H3. The second-order valence-electron chi connectivity index (χ2n) is 6.96. The molecule has 1 aliphatic rings. The maximum absolute atomic E-state index is 12.8. The second-order valence-corrected chi connectivity index (χ2v) is 8.73. The molecule has 6 heteroatoms. The summed E-state index contributed by atoms with van der Waals surface area (Å²) in [6, 6.07) is 16.2. The van der Waals surface area contributed by atoms with Crippen LogP contribution in [0.5, 0.6) is 0 Å². The number of nitrogens with one attached hydrogen (secondary N) is 1. The molecule has 0 spiro atoms. The lowest BCUT2D eigenvalue weighted by atomic mass is 10.0. The average molecular weight is 387 g/mol. The lowest BCUT2D eigenvalue weighted by Gasteiger charge is -2.35. The highest BCUT2D eigenvalue weighted by atomic mass is 32.2. The molecule has 144 valence electrons. The van der Waals surface area contributed by atoms with Gasteiger partial charge in [-0.15, -0.1) is 0 Å². The van der Waals surface area contributed by atoms with E-state index in [4.69, 9.17) is 0 Å². The third kappa shape index (κ3) is 5.03. The minimum atomic E-state index is -3.69. The van der Waals surface area contributed by atoms with Gasteiger partial charge in [-0.3, -0.25) is 9.69 Å². The third-order valence-corrected chi connectivity index (χ3v) is 6.45. The highest BCUT2D eigenvalue weighted by Crippen LogP contribution is 2.24. The largest absolute Gasteiger partial charge is 0.295 e. The second kappa shape index (κ2) is 8.78. The number of rotatable bonds is 7. The van der Waals surface area contributed by atoms with Crippen molar-refractivity contribution < 1.29 is 13.2 Å². The van der Waals surface area contributed by atoms with Crippen LogP contribution < -0.4 is 4.72 Å². The Morgan fingerprint density at radius 2 is 1.74 bits per heavy atom. The number of Topliss-reactive ketones (excluding diaryl/α,β-unsaturated/α-hetero) is 1. The molecule has 2 aromatic carbocycles. The van der Waals surface area contributed by atoms with Crippen LogP contribution in [0.15, 0.2) is 59.5 Å². The molecule has 1 fully saturated rings. The number of likely N-dealkylation sites (tertiary alicyclic amines) is 1. The third-order valence-electron chi connectivity index (χ3n) is 5.03. The predicted molar refractivity (Wildman–Crippen MR) is 106 cm³/mol.